The van der Waals surface area contributed by atoms with Crippen LogP contribution in [0.1, 0.15) is 28.9 Å². The second kappa shape index (κ2) is 11.1. The minimum atomic E-state index is -0.180. The van der Waals surface area contributed by atoms with E-state index in [-0.39, 0.29) is 17.9 Å². The number of allylic oxidation sites excluding steroid dienone is 2. The van der Waals surface area contributed by atoms with Gasteiger partial charge in [0.05, 0.1) is 7.11 Å². The zero-order valence-electron chi connectivity index (χ0n) is 18.8. The third kappa shape index (κ3) is 5.97. The molecule has 2 heterocycles. The van der Waals surface area contributed by atoms with E-state index >= 15 is 0 Å². The summed E-state index contributed by atoms with van der Waals surface area (Å²) in [6.45, 7) is 0.449. The van der Waals surface area contributed by atoms with Gasteiger partial charge in [0.25, 0.3) is 11.8 Å². The molecule has 0 aliphatic carbocycles. The molecule has 2 amide bonds. The van der Waals surface area contributed by atoms with Crippen LogP contribution in [0, 0.1) is 0 Å². The van der Waals surface area contributed by atoms with Crippen molar-refractivity contribution in [2.75, 3.05) is 20.7 Å². The lowest BCUT2D eigenvalue weighted by atomic mass is 10.0. The van der Waals surface area contributed by atoms with Gasteiger partial charge in [-0.2, -0.15) is 0 Å². The molecule has 2 aromatic rings. The highest BCUT2D eigenvalue weighted by Gasteiger charge is 2.24. The van der Waals surface area contributed by atoms with Crippen LogP contribution < -0.4 is 5.32 Å². The lowest BCUT2D eigenvalue weighted by Gasteiger charge is -2.29. The summed E-state index contributed by atoms with van der Waals surface area (Å²) >= 11 is 0. The number of nitrogens with zero attached hydrogens (tertiary/aromatic N) is 3. The molecule has 0 saturated carbocycles. The minimum Gasteiger partial charge on any atom is -0.481 e. The molecule has 7 heteroatoms. The molecule has 0 spiro atoms. The Balaban J connectivity index is 1.72. The van der Waals surface area contributed by atoms with E-state index in [1.807, 2.05) is 61.8 Å². The first-order chi connectivity index (χ1) is 15.5. The van der Waals surface area contributed by atoms with Gasteiger partial charge in [-0.1, -0.05) is 36.4 Å². The Hall–Kier alpha value is -3.61. The van der Waals surface area contributed by atoms with E-state index in [2.05, 4.69) is 10.3 Å². The van der Waals surface area contributed by atoms with Gasteiger partial charge in [0.2, 0.25) is 5.88 Å². The topological polar surface area (TPSA) is 75.9 Å². The van der Waals surface area contributed by atoms with Crippen molar-refractivity contribution in [1.29, 1.82) is 0 Å². The predicted molar refractivity (Wildman–Crippen MR) is 125 cm³/mol. The molecule has 0 fully saturated rings. The molecule has 1 aromatic carbocycles. The number of likely N-dealkylation sites (N-methyl/N-ethyl adjacent to an activating group) is 1. The van der Waals surface area contributed by atoms with Gasteiger partial charge >= 0.3 is 0 Å². The van der Waals surface area contributed by atoms with Crippen molar-refractivity contribution in [3.63, 3.8) is 0 Å². The average Bonchev–Trinajstić information content (AvgIpc) is 3.09. The van der Waals surface area contributed by atoms with Crippen molar-refractivity contribution >= 4 is 17.5 Å². The largest absolute Gasteiger partial charge is 0.481 e. The maximum atomic E-state index is 13.2. The third-order valence-electron chi connectivity index (χ3n) is 5.48. The minimum absolute atomic E-state index is 0.118. The summed E-state index contributed by atoms with van der Waals surface area (Å²) in [5, 5.41) is 2.97. The first-order valence-electron chi connectivity index (χ1n) is 10.7. The van der Waals surface area contributed by atoms with Gasteiger partial charge in [-0.25, -0.2) is 4.99 Å². The number of amides is 2. The molecule has 168 valence electrons. The second-order valence-corrected chi connectivity index (χ2v) is 7.69. The number of rotatable bonds is 9. The number of ether oxygens (including phenoxy) is 1. The molecular formula is C25H30N4O3. The molecule has 1 aliphatic rings. The van der Waals surface area contributed by atoms with Gasteiger partial charge in [-0.05, 0) is 49.1 Å². The Morgan fingerprint density at radius 3 is 2.69 bits per heavy atom. The van der Waals surface area contributed by atoms with Crippen LogP contribution in [0.4, 0.5) is 0 Å². The van der Waals surface area contributed by atoms with E-state index < -0.39 is 0 Å². The smallest absolute Gasteiger partial charge is 0.272 e. The summed E-state index contributed by atoms with van der Waals surface area (Å²) in [4.78, 5) is 31.8. The van der Waals surface area contributed by atoms with Crippen LogP contribution in [-0.2, 0) is 23.0 Å². The molecule has 3 rings (SSSR count). The van der Waals surface area contributed by atoms with E-state index in [0.717, 1.165) is 5.56 Å². The molecule has 0 radical (unpaired) electrons. The quantitative estimate of drug-likeness (QED) is 0.659. The lowest BCUT2D eigenvalue weighted by molar-refractivity contribution is -0.124. The van der Waals surface area contributed by atoms with Crippen molar-refractivity contribution < 1.29 is 14.3 Å². The van der Waals surface area contributed by atoms with Crippen LogP contribution in [0.3, 0.4) is 0 Å². The number of nitrogens with one attached hydrogen (secondary N) is 1. The fourth-order valence-electron chi connectivity index (χ4n) is 3.60. The molecule has 0 unspecified atom stereocenters. The van der Waals surface area contributed by atoms with Crippen LogP contribution in [0.5, 0.6) is 0 Å². The fraction of sp³-hybridized carbons (Fsp3) is 0.320. The van der Waals surface area contributed by atoms with E-state index in [1.165, 1.54) is 0 Å². The number of aliphatic imine (C=N–C) groups is 1. The standard InChI is InChI=1S/C25H30N4O3/c1-28-17-9-13-22(28)24(30)26-16-15-20(18-19-10-5-4-6-11-19)29(2)25(31)21-12-7-8-14-23(27-21)32-3/h4-7,9-14,17,20H,8,15-16,18H2,1-3H3,(H,26,30)/t20-/m1/s1. The number of carbonyl (C=O) groups excluding carboxylic acids is 2. The van der Waals surface area contributed by atoms with Crippen LogP contribution in [0.15, 0.2) is 77.8 Å². The molecule has 0 saturated heterocycles. The molecule has 1 N–H and O–H groups in total. The second-order valence-electron chi connectivity index (χ2n) is 7.69. The van der Waals surface area contributed by atoms with Crippen molar-refractivity contribution in [3.8, 4) is 0 Å². The zero-order chi connectivity index (χ0) is 22.9. The number of methoxy groups -OCH3 is 1. The SMILES string of the molecule is COC1=CCC=CC(C(=O)N(C)[C@H](CCNC(=O)c2cccn2C)Cc2ccccc2)=N1. The Bertz CT molecular complexity index is 1020. The third-order valence-corrected chi connectivity index (χ3v) is 5.48. The number of benzene rings is 1. The summed E-state index contributed by atoms with van der Waals surface area (Å²) in [7, 11) is 5.16. The lowest BCUT2D eigenvalue weighted by Crippen LogP contribution is -2.43. The summed E-state index contributed by atoms with van der Waals surface area (Å²) < 4.78 is 7.02. The molecule has 7 nitrogen and oxygen atoms in total. The first kappa shape index (κ1) is 23.1. The Labute approximate surface area is 189 Å². The van der Waals surface area contributed by atoms with Crippen LogP contribution in [-0.4, -0.2) is 53.7 Å². The highest BCUT2D eigenvalue weighted by atomic mass is 16.5. The van der Waals surface area contributed by atoms with Crippen molar-refractivity contribution in [2.45, 2.75) is 25.3 Å². The molecule has 1 aliphatic heterocycles. The van der Waals surface area contributed by atoms with Crippen molar-refractivity contribution in [2.24, 2.45) is 12.0 Å². The van der Waals surface area contributed by atoms with Gasteiger partial charge in [-0.3, -0.25) is 9.59 Å². The number of hydrogen-bond donors (Lipinski definition) is 1. The fourth-order valence-corrected chi connectivity index (χ4v) is 3.60. The number of aryl methyl sites for hydroxylation is 1. The highest BCUT2D eigenvalue weighted by molar-refractivity contribution is 6.43. The molecule has 1 aromatic heterocycles. The monoisotopic (exact) mass is 434 g/mol. The summed E-state index contributed by atoms with van der Waals surface area (Å²) in [6.07, 6.45) is 9.23. The highest BCUT2D eigenvalue weighted by Crippen LogP contribution is 2.14. The number of carbonyl (C=O) groups is 2. The molecule has 1 atom stereocenters. The van der Waals surface area contributed by atoms with Gasteiger partial charge in [-0.15, -0.1) is 0 Å². The first-order valence-corrected chi connectivity index (χ1v) is 10.7. The summed E-state index contributed by atoms with van der Waals surface area (Å²) in [5.74, 6) is 0.123. The van der Waals surface area contributed by atoms with Crippen molar-refractivity contribution in [1.82, 2.24) is 14.8 Å². The van der Waals surface area contributed by atoms with Gasteiger partial charge < -0.3 is 19.5 Å². The van der Waals surface area contributed by atoms with Gasteiger partial charge in [0.15, 0.2) is 0 Å². The number of hydrogen-bond acceptors (Lipinski definition) is 4. The van der Waals surface area contributed by atoms with Gasteiger partial charge in [0.1, 0.15) is 11.4 Å². The zero-order valence-corrected chi connectivity index (χ0v) is 18.8. The maximum absolute atomic E-state index is 13.2. The maximum Gasteiger partial charge on any atom is 0.272 e. The van der Waals surface area contributed by atoms with Crippen molar-refractivity contribution in [3.05, 3.63) is 84.0 Å². The molecule has 0 bridgehead atoms. The molecule has 32 heavy (non-hydrogen) atoms. The summed E-state index contributed by atoms with van der Waals surface area (Å²) in [6, 6.07) is 13.5. The van der Waals surface area contributed by atoms with Crippen LogP contribution in [0.2, 0.25) is 0 Å². The van der Waals surface area contributed by atoms with E-state index in [0.29, 0.717) is 43.1 Å². The van der Waals surface area contributed by atoms with Crippen LogP contribution in [0.25, 0.3) is 0 Å². The Kier molecular flexibility index (Phi) is 8.02. The normalized spacial score (nSPS) is 14.1. The predicted octanol–water partition coefficient (Wildman–Crippen LogP) is 3.10. The van der Waals surface area contributed by atoms with Crippen LogP contribution >= 0.6 is 0 Å². The average molecular weight is 435 g/mol. The van der Waals surface area contributed by atoms with E-state index in [1.54, 1.807) is 35.8 Å². The van der Waals surface area contributed by atoms with Gasteiger partial charge in [0, 0.05) is 32.9 Å². The molecular weight excluding hydrogens is 404 g/mol. The number of aromatic nitrogens is 1. The Morgan fingerprint density at radius 1 is 1.22 bits per heavy atom. The van der Waals surface area contributed by atoms with E-state index in [9.17, 15) is 9.59 Å². The Morgan fingerprint density at radius 2 is 2.00 bits per heavy atom. The van der Waals surface area contributed by atoms with E-state index in [4.69, 9.17) is 4.74 Å². The summed E-state index contributed by atoms with van der Waals surface area (Å²) in [5.41, 5.74) is 2.07.